The van der Waals surface area contributed by atoms with Gasteiger partial charge in [-0.05, 0) is 24.1 Å². The lowest BCUT2D eigenvalue weighted by Crippen LogP contribution is -2.19. The van der Waals surface area contributed by atoms with Crippen LogP contribution in [0.25, 0.3) is 11.0 Å². The van der Waals surface area contributed by atoms with Crippen molar-refractivity contribution in [1.29, 1.82) is 0 Å². The van der Waals surface area contributed by atoms with E-state index in [2.05, 4.69) is 0 Å². The number of aromatic nitrogens is 2. The molecule has 2 rings (SSSR count). The third-order valence-corrected chi connectivity index (χ3v) is 3.39. The van der Waals surface area contributed by atoms with Crippen LogP contribution in [0.15, 0.2) is 23.0 Å². The van der Waals surface area contributed by atoms with Crippen molar-refractivity contribution in [3.63, 3.8) is 0 Å². The second kappa shape index (κ2) is 4.89. The molecule has 1 atom stereocenters. The zero-order chi connectivity index (χ0) is 14.2. The number of hydrogen-bond donors (Lipinski definition) is 2. The lowest BCUT2D eigenvalue weighted by atomic mass is 10.0. The normalized spacial score (nSPS) is 12.8. The summed E-state index contributed by atoms with van der Waals surface area (Å²) in [6.07, 6.45) is 0.411. The van der Waals surface area contributed by atoms with Crippen LogP contribution >= 0.6 is 0 Å². The predicted octanol–water partition coefficient (Wildman–Crippen LogP) is 0.742. The number of fused-ring (bicyclic) bond motifs is 1. The molecular formula is C13H17N3O3. The van der Waals surface area contributed by atoms with Crippen LogP contribution in [0.1, 0.15) is 24.4 Å². The van der Waals surface area contributed by atoms with Gasteiger partial charge in [0, 0.05) is 26.6 Å². The topological polar surface area (TPSA) is 90.3 Å². The number of hydrogen-bond acceptors (Lipinski definition) is 3. The first-order chi connectivity index (χ1) is 8.91. The molecule has 0 fully saturated rings. The summed E-state index contributed by atoms with van der Waals surface area (Å²) in [5, 5.41) is 8.66. The van der Waals surface area contributed by atoms with Gasteiger partial charge >= 0.3 is 11.7 Å². The number of benzene rings is 1. The molecule has 102 valence electrons. The molecule has 0 radical (unpaired) electrons. The van der Waals surface area contributed by atoms with Crippen LogP contribution in [0.5, 0.6) is 0 Å². The van der Waals surface area contributed by atoms with E-state index in [4.69, 9.17) is 10.8 Å². The number of carboxylic acid groups (broad SMARTS) is 1. The van der Waals surface area contributed by atoms with Gasteiger partial charge in [-0.2, -0.15) is 0 Å². The largest absolute Gasteiger partial charge is 0.481 e. The fraction of sp³-hybridized carbons (Fsp3) is 0.385. The zero-order valence-electron chi connectivity index (χ0n) is 11.0. The van der Waals surface area contributed by atoms with Crippen LogP contribution in [-0.4, -0.2) is 20.2 Å². The summed E-state index contributed by atoms with van der Waals surface area (Å²) in [6, 6.07) is 5.19. The van der Waals surface area contributed by atoms with Crippen molar-refractivity contribution in [2.75, 3.05) is 0 Å². The fourth-order valence-electron chi connectivity index (χ4n) is 2.20. The first-order valence-corrected chi connectivity index (χ1v) is 6.04. The number of carboxylic acids is 1. The van der Waals surface area contributed by atoms with E-state index in [1.54, 1.807) is 23.2 Å². The molecule has 1 aromatic heterocycles. The van der Waals surface area contributed by atoms with E-state index in [-0.39, 0.29) is 18.2 Å². The molecule has 6 nitrogen and oxygen atoms in total. The highest BCUT2D eigenvalue weighted by molar-refractivity contribution is 5.77. The molecule has 1 aromatic carbocycles. The van der Waals surface area contributed by atoms with Gasteiger partial charge in [0.1, 0.15) is 0 Å². The average molecular weight is 263 g/mol. The highest BCUT2D eigenvalue weighted by Gasteiger charge is 2.12. The Labute approximate surface area is 110 Å². The molecule has 0 saturated carbocycles. The van der Waals surface area contributed by atoms with Gasteiger partial charge in [-0.25, -0.2) is 4.79 Å². The van der Waals surface area contributed by atoms with Gasteiger partial charge < -0.3 is 10.8 Å². The third-order valence-electron chi connectivity index (χ3n) is 3.39. The molecule has 0 aliphatic heterocycles. The molecule has 0 spiro atoms. The Morgan fingerprint density at radius 2 is 1.95 bits per heavy atom. The van der Waals surface area contributed by atoms with Crippen molar-refractivity contribution in [3.8, 4) is 0 Å². The van der Waals surface area contributed by atoms with E-state index in [1.165, 1.54) is 0 Å². The summed E-state index contributed by atoms with van der Waals surface area (Å²) in [4.78, 5) is 22.3. The highest BCUT2D eigenvalue weighted by atomic mass is 16.4. The Morgan fingerprint density at radius 3 is 2.58 bits per heavy atom. The van der Waals surface area contributed by atoms with Gasteiger partial charge in [-0.1, -0.05) is 6.07 Å². The molecule has 2 aromatic rings. The Balaban J connectivity index is 2.39. The van der Waals surface area contributed by atoms with Crippen molar-refractivity contribution in [3.05, 3.63) is 34.2 Å². The van der Waals surface area contributed by atoms with Gasteiger partial charge in [0.05, 0.1) is 11.0 Å². The SMILES string of the molecule is Cn1c(=O)n(C)c2cc(C(N)CCC(=O)O)ccc21. The Hall–Kier alpha value is -2.08. The summed E-state index contributed by atoms with van der Waals surface area (Å²) in [5.41, 5.74) is 8.36. The molecule has 0 aliphatic carbocycles. The van der Waals surface area contributed by atoms with E-state index < -0.39 is 5.97 Å². The smallest absolute Gasteiger partial charge is 0.328 e. The molecule has 0 aliphatic rings. The highest BCUT2D eigenvalue weighted by Crippen LogP contribution is 2.20. The maximum absolute atomic E-state index is 11.8. The first kappa shape index (κ1) is 13.4. The maximum Gasteiger partial charge on any atom is 0.328 e. The van der Waals surface area contributed by atoms with Crippen molar-refractivity contribution in [2.45, 2.75) is 18.9 Å². The van der Waals surface area contributed by atoms with Gasteiger partial charge in [0.25, 0.3) is 0 Å². The lowest BCUT2D eigenvalue weighted by Gasteiger charge is -2.11. The van der Waals surface area contributed by atoms with Crippen LogP contribution in [0.4, 0.5) is 0 Å². The third kappa shape index (κ3) is 2.39. The number of nitrogens with zero attached hydrogens (tertiary/aromatic N) is 2. The quantitative estimate of drug-likeness (QED) is 0.851. The van der Waals surface area contributed by atoms with Crippen molar-refractivity contribution in [1.82, 2.24) is 9.13 Å². The molecular weight excluding hydrogens is 246 g/mol. The lowest BCUT2D eigenvalue weighted by molar-refractivity contribution is -0.137. The molecule has 19 heavy (non-hydrogen) atoms. The Morgan fingerprint density at radius 1 is 1.32 bits per heavy atom. The van der Waals surface area contributed by atoms with Crippen molar-refractivity contribution >= 4 is 17.0 Å². The Bertz CT molecular complexity index is 684. The second-order valence-corrected chi connectivity index (χ2v) is 4.69. The average Bonchev–Trinajstić information content (AvgIpc) is 2.61. The minimum absolute atomic E-state index is 0.0346. The number of rotatable bonds is 4. The number of imidazole rings is 1. The summed E-state index contributed by atoms with van der Waals surface area (Å²) >= 11 is 0. The standard InChI is InChI=1S/C13H17N3O3/c1-15-10-5-3-8(9(14)4-6-12(17)18)7-11(10)16(2)13(15)19/h3,5,7,9H,4,6,14H2,1-2H3,(H,17,18). The molecule has 0 bridgehead atoms. The van der Waals surface area contributed by atoms with Crippen molar-refractivity contribution < 1.29 is 9.90 Å². The molecule has 6 heteroatoms. The summed E-state index contributed by atoms with van der Waals surface area (Å²) < 4.78 is 3.13. The van der Waals surface area contributed by atoms with Crippen LogP contribution in [0.2, 0.25) is 0 Å². The summed E-state index contributed by atoms with van der Waals surface area (Å²) in [7, 11) is 3.42. The number of carbonyl (C=O) groups is 1. The van der Waals surface area contributed by atoms with E-state index in [0.29, 0.717) is 6.42 Å². The van der Waals surface area contributed by atoms with Crippen LogP contribution in [0.3, 0.4) is 0 Å². The van der Waals surface area contributed by atoms with E-state index in [9.17, 15) is 9.59 Å². The molecule has 1 unspecified atom stereocenters. The Kier molecular flexibility index (Phi) is 3.44. The molecule has 3 N–H and O–H groups in total. The second-order valence-electron chi connectivity index (χ2n) is 4.69. The molecule has 0 amide bonds. The van der Waals surface area contributed by atoms with Gasteiger partial charge in [-0.15, -0.1) is 0 Å². The number of nitrogens with two attached hydrogens (primary N) is 1. The van der Waals surface area contributed by atoms with E-state index in [0.717, 1.165) is 16.6 Å². The van der Waals surface area contributed by atoms with Crippen LogP contribution in [0, 0.1) is 0 Å². The summed E-state index contributed by atoms with van der Waals surface area (Å²) in [5.74, 6) is -0.858. The number of aliphatic carboxylic acids is 1. The molecule has 0 saturated heterocycles. The zero-order valence-corrected chi connectivity index (χ0v) is 11.0. The van der Waals surface area contributed by atoms with Gasteiger partial charge in [-0.3, -0.25) is 13.9 Å². The van der Waals surface area contributed by atoms with Crippen LogP contribution in [-0.2, 0) is 18.9 Å². The fourth-order valence-corrected chi connectivity index (χ4v) is 2.20. The van der Waals surface area contributed by atoms with Crippen molar-refractivity contribution in [2.24, 2.45) is 19.8 Å². The summed E-state index contributed by atoms with van der Waals surface area (Å²) in [6.45, 7) is 0. The van der Waals surface area contributed by atoms with Crippen LogP contribution < -0.4 is 11.4 Å². The molecule has 1 heterocycles. The van der Waals surface area contributed by atoms with E-state index in [1.807, 2.05) is 18.2 Å². The maximum atomic E-state index is 11.8. The van der Waals surface area contributed by atoms with E-state index >= 15 is 0 Å². The minimum atomic E-state index is -0.858. The minimum Gasteiger partial charge on any atom is -0.481 e. The van der Waals surface area contributed by atoms with Gasteiger partial charge in [0.15, 0.2) is 0 Å². The number of aryl methyl sites for hydroxylation is 2. The first-order valence-electron chi connectivity index (χ1n) is 6.04. The van der Waals surface area contributed by atoms with Gasteiger partial charge in [0.2, 0.25) is 0 Å². The monoisotopic (exact) mass is 263 g/mol. The predicted molar refractivity (Wildman–Crippen MR) is 72.0 cm³/mol.